The summed E-state index contributed by atoms with van der Waals surface area (Å²) in [5.74, 6) is -0.0539. The van der Waals surface area contributed by atoms with E-state index in [0.29, 0.717) is 11.1 Å². The van der Waals surface area contributed by atoms with Gasteiger partial charge in [-0.15, -0.1) is 0 Å². The fourth-order valence-electron chi connectivity index (χ4n) is 1.29. The third-order valence-corrected chi connectivity index (χ3v) is 2.01. The Morgan fingerprint density at radius 3 is 2.28 bits per heavy atom. The molecule has 0 aromatic heterocycles. The third-order valence-electron chi connectivity index (χ3n) is 2.01. The quantitative estimate of drug-likeness (QED) is 0.838. The van der Waals surface area contributed by atoms with E-state index in [0.717, 1.165) is 5.56 Å². The molecule has 0 unspecified atom stereocenters. The molecule has 0 aliphatic carbocycles. The van der Waals surface area contributed by atoms with Crippen LogP contribution in [-0.2, 0) is 11.3 Å². The molecule has 1 amide bonds. The maximum Gasteiger partial charge on any atom is 0.404 e. The molecule has 0 aliphatic heterocycles. The molecule has 4 heteroatoms. The molecular formula is C14H21NO3. The van der Waals surface area contributed by atoms with Crippen molar-refractivity contribution in [2.24, 2.45) is 5.73 Å². The van der Waals surface area contributed by atoms with Crippen molar-refractivity contribution in [2.75, 3.05) is 0 Å². The van der Waals surface area contributed by atoms with Gasteiger partial charge < -0.3 is 10.5 Å². The van der Waals surface area contributed by atoms with E-state index in [9.17, 15) is 9.59 Å². The predicted molar refractivity (Wildman–Crippen MR) is 71.5 cm³/mol. The molecular weight excluding hydrogens is 230 g/mol. The lowest BCUT2D eigenvalue weighted by Gasteiger charge is -2.07. The first-order valence-electron chi connectivity index (χ1n) is 5.95. The molecule has 2 N–H and O–H groups in total. The first kappa shape index (κ1) is 16.2. The van der Waals surface area contributed by atoms with Gasteiger partial charge in [-0.2, -0.15) is 0 Å². The van der Waals surface area contributed by atoms with Crippen molar-refractivity contribution < 1.29 is 14.3 Å². The highest BCUT2D eigenvalue weighted by Gasteiger charge is 2.08. The van der Waals surface area contributed by atoms with Crippen molar-refractivity contribution >= 4 is 11.9 Å². The lowest BCUT2D eigenvalue weighted by molar-refractivity contribution is 0.101. The number of primary amides is 1. The summed E-state index contributed by atoms with van der Waals surface area (Å²) in [6.07, 6.45) is 0.407. The highest BCUT2D eigenvalue weighted by Crippen LogP contribution is 2.13. The Kier molecular flexibility index (Phi) is 7.43. The number of nitrogens with two attached hydrogens (primary N) is 1. The molecule has 0 spiro atoms. The number of amides is 1. The van der Waals surface area contributed by atoms with Gasteiger partial charge in [0.2, 0.25) is 0 Å². The zero-order chi connectivity index (χ0) is 14.1. The maximum absolute atomic E-state index is 11.3. The van der Waals surface area contributed by atoms with Crippen LogP contribution < -0.4 is 5.73 Å². The molecule has 0 atom stereocenters. The van der Waals surface area contributed by atoms with Gasteiger partial charge in [-0.1, -0.05) is 38.0 Å². The standard InChI is InChI=1S/C11H13NO3.C3H8/c1-7-3-4-9(6-15-11(12)14)10(5-7)8(2)13;1-3-2/h3-5H,6H2,1-2H3,(H2,12,14);3H2,1-2H3. The average Bonchev–Trinajstić information content (AvgIpc) is 2.28. The molecule has 0 heterocycles. The Hall–Kier alpha value is -1.84. The Balaban J connectivity index is 0.000000873. The summed E-state index contributed by atoms with van der Waals surface area (Å²) in [7, 11) is 0. The molecule has 0 aliphatic rings. The number of carbonyl (C=O) groups is 2. The van der Waals surface area contributed by atoms with E-state index >= 15 is 0 Å². The number of benzene rings is 1. The molecule has 100 valence electrons. The van der Waals surface area contributed by atoms with Crippen LogP contribution in [0.15, 0.2) is 18.2 Å². The van der Waals surface area contributed by atoms with Crippen LogP contribution in [0.3, 0.4) is 0 Å². The van der Waals surface area contributed by atoms with Gasteiger partial charge in [-0.25, -0.2) is 4.79 Å². The summed E-state index contributed by atoms with van der Waals surface area (Å²) in [5.41, 5.74) is 7.08. The lowest BCUT2D eigenvalue weighted by atomic mass is 10.0. The zero-order valence-electron chi connectivity index (χ0n) is 11.4. The Labute approximate surface area is 108 Å². The van der Waals surface area contributed by atoms with E-state index in [1.165, 1.54) is 13.3 Å². The second-order valence-electron chi connectivity index (χ2n) is 4.03. The predicted octanol–water partition coefficient (Wildman–Crippen LogP) is 3.21. The fraction of sp³-hybridized carbons (Fsp3) is 0.429. The van der Waals surface area contributed by atoms with Crippen LogP contribution in [0, 0.1) is 6.92 Å². The van der Waals surface area contributed by atoms with Crippen molar-refractivity contribution in [1.82, 2.24) is 0 Å². The van der Waals surface area contributed by atoms with E-state index in [1.807, 2.05) is 13.0 Å². The Bertz CT molecular complexity index is 414. The minimum Gasteiger partial charge on any atom is -0.445 e. The molecule has 18 heavy (non-hydrogen) atoms. The Morgan fingerprint density at radius 2 is 1.83 bits per heavy atom. The van der Waals surface area contributed by atoms with Crippen LogP contribution in [0.25, 0.3) is 0 Å². The monoisotopic (exact) mass is 251 g/mol. The van der Waals surface area contributed by atoms with Crippen LogP contribution in [0.5, 0.6) is 0 Å². The third kappa shape index (κ3) is 6.03. The molecule has 0 saturated heterocycles. The van der Waals surface area contributed by atoms with Crippen LogP contribution in [0.1, 0.15) is 48.7 Å². The van der Waals surface area contributed by atoms with E-state index in [-0.39, 0.29) is 12.4 Å². The van der Waals surface area contributed by atoms with Gasteiger partial charge in [-0.3, -0.25) is 4.79 Å². The van der Waals surface area contributed by atoms with E-state index in [1.54, 1.807) is 12.1 Å². The topological polar surface area (TPSA) is 69.4 Å². The first-order chi connectivity index (χ1) is 8.42. The normalized spacial score (nSPS) is 9.11. The zero-order valence-corrected chi connectivity index (χ0v) is 11.4. The van der Waals surface area contributed by atoms with Crippen molar-refractivity contribution in [3.63, 3.8) is 0 Å². The summed E-state index contributed by atoms with van der Waals surface area (Å²) < 4.78 is 4.65. The SMILES string of the molecule is CC(=O)c1cc(C)ccc1COC(N)=O.CCC. The van der Waals surface area contributed by atoms with Gasteiger partial charge in [0.15, 0.2) is 5.78 Å². The molecule has 0 saturated carbocycles. The van der Waals surface area contributed by atoms with Gasteiger partial charge in [-0.05, 0) is 19.9 Å². The van der Waals surface area contributed by atoms with Crippen molar-refractivity contribution in [1.29, 1.82) is 0 Å². The number of ether oxygens (including phenoxy) is 1. The maximum atomic E-state index is 11.3. The lowest BCUT2D eigenvalue weighted by Crippen LogP contribution is -2.14. The molecule has 0 bridgehead atoms. The number of hydrogen-bond acceptors (Lipinski definition) is 3. The van der Waals surface area contributed by atoms with Crippen LogP contribution in [-0.4, -0.2) is 11.9 Å². The smallest absolute Gasteiger partial charge is 0.404 e. The number of rotatable bonds is 3. The minimum atomic E-state index is -0.843. The van der Waals surface area contributed by atoms with Crippen LogP contribution in [0.4, 0.5) is 4.79 Å². The van der Waals surface area contributed by atoms with Crippen LogP contribution in [0.2, 0.25) is 0 Å². The number of Topliss-reactive ketones (excluding diaryl/α,β-unsaturated/α-hetero) is 1. The number of carbonyl (C=O) groups excluding carboxylic acids is 2. The van der Waals surface area contributed by atoms with E-state index < -0.39 is 6.09 Å². The second-order valence-corrected chi connectivity index (χ2v) is 4.03. The second kappa shape index (κ2) is 8.28. The molecule has 4 nitrogen and oxygen atoms in total. The fourth-order valence-corrected chi connectivity index (χ4v) is 1.29. The number of hydrogen-bond donors (Lipinski definition) is 1. The van der Waals surface area contributed by atoms with E-state index in [4.69, 9.17) is 5.73 Å². The van der Waals surface area contributed by atoms with Crippen LogP contribution >= 0.6 is 0 Å². The number of aryl methyl sites for hydroxylation is 1. The summed E-state index contributed by atoms with van der Waals surface area (Å²) in [6.45, 7) is 7.65. The highest BCUT2D eigenvalue weighted by molar-refractivity contribution is 5.95. The summed E-state index contributed by atoms with van der Waals surface area (Å²) in [5, 5.41) is 0. The molecule has 1 aromatic carbocycles. The summed E-state index contributed by atoms with van der Waals surface area (Å²) >= 11 is 0. The van der Waals surface area contributed by atoms with Gasteiger partial charge in [0.25, 0.3) is 0 Å². The Morgan fingerprint density at radius 1 is 1.28 bits per heavy atom. The van der Waals surface area contributed by atoms with Gasteiger partial charge in [0.05, 0.1) is 0 Å². The largest absolute Gasteiger partial charge is 0.445 e. The molecule has 1 rings (SSSR count). The average molecular weight is 251 g/mol. The summed E-state index contributed by atoms with van der Waals surface area (Å²) in [6, 6.07) is 5.38. The molecule has 0 fully saturated rings. The van der Waals surface area contributed by atoms with Crippen molar-refractivity contribution in [2.45, 2.75) is 40.7 Å². The van der Waals surface area contributed by atoms with Gasteiger partial charge in [0.1, 0.15) is 6.61 Å². The van der Waals surface area contributed by atoms with Crippen molar-refractivity contribution in [3.05, 3.63) is 34.9 Å². The number of ketones is 1. The minimum absolute atomic E-state index is 0.0323. The first-order valence-corrected chi connectivity index (χ1v) is 5.95. The van der Waals surface area contributed by atoms with Gasteiger partial charge >= 0.3 is 6.09 Å². The van der Waals surface area contributed by atoms with Gasteiger partial charge in [0, 0.05) is 11.1 Å². The van der Waals surface area contributed by atoms with Crippen molar-refractivity contribution in [3.8, 4) is 0 Å². The highest BCUT2D eigenvalue weighted by atomic mass is 16.5. The summed E-state index contributed by atoms with van der Waals surface area (Å²) in [4.78, 5) is 21.7. The molecule has 0 radical (unpaired) electrons. The molecule has 1 aromatic rings. The van der Waals surface area contributed by atoms with E-state index in [2.05, 4.69) is 18.6 Å².